The van der Waals surface area contributed by atoms with Gasteiger partial charge in [0.2, 0.25) is 11.6 Å². The van der Waals surface area contributed by atoms with Gasteiger partial charge in [-0.15, -0.1) is 5.10 Å². The molecule has 2 aliphatic rings. The van der Waals surface area contributed by atoms with E-state index in [2.05, 4.69) is 36.7 Å². The molecule has 1 aliphatic heterocycles. The van der Waals surface area contributed by atoms with Gasteiger partial charge in [0.25, 0.3) is 0 Å². The average molecular weight is 313 g/mol. The van der Waals surface area contributed by atoms with Gasteiger partial charge in [-0.2, -0.15) is 20.3 Å². The van der Waals surface area contributed by atoms with E-state index in [0.717, 1.165) is 37.4 Å². The summed E-state index contributed by atoms with van der Waals surface area (Å²) in [5, 5.41) is 14.4. The Labute approximate surface area is 135 Å². The standard InChI is InChI=1S/C16H23N7/c1-2-6-12(7-3-1)8-9-17-16-18-14-13(20-22-21-14)15(19-16)23-10-4-5-11-23/h6H,1-5,7-11H2,(H2,17,18,19,20,21,22). The molecule has 7 nitrogen and oxygen atoms in total. The fraction of sp³-hybridized carbons (Fsp3) is 0.625. The molecule has 1 saturated heterocycles. The van der Waals surface area contributed by atoms with Crippen molar-refractivity contribution in [3.8, 4) is 0 Å². The van der Waals surface area contributed by atoms with Gasteiger partial charge in [0.1, 0.15) is 0 Å². The quantitative estimate of drug-likeness (QED) is 0.826. The molecule has 23 heavy (non-hydrogen) atoms. The van der Waals surface area contributed by atoms with Crippen LogP contribution in [0.2, 0.25) is 0 Å². The topological polar surface area (TPSA) is 82.6 Å². The van der Waals surface area contributed by atoms with E-state index in [0.29, 0.717) is 11.6 Å². The van der Waals surface area contributed by atoms with Crippen LogP contribution in [0.15, 0.2) is 11.6 Å². The Balaban J connectivity index is 1.49. The first-order valence-electron chi connectivity index (χ1n) is 8.65. The van der Waals surface area contributed by atoms with Crippen LogP contribution in [0.3, 0.4) is 0 Å². The van der Waals surface area contributed by atoms with Crippen molar-refractivity contribution in [2.24, 2.45) is 0 Å². The van der Waals surface area contributed by atoms with E-state index in [1.807, 2.05) is 0 Å². The van der Waals surface area contributed by atoms with Crippen LogP contribution in [-0.2, 0) is 0 Å². The van der Waals surface area contributed by atoms with Crippen LogP contribution in [0.1, 0.15) is 44.9 Å². The predicted molar refractivity (Wildman–Crippen MR) is 90.6 cm³/mol. The van der Waals surface area contributed by atoms with Gasteiger partial charge < -0.3 is 10.2 Å². The summed E-state index contributed by atoms with van der Waals surface area (Å²) in [7, 11) is 0. The van der Waals surface area contributed by atoms with Crippen molar-refractivity contribution >= 4 is 22.9 Å². The minimum Gasteiger partial charge on any atom is -0.355 e. The van der Waals surface area contributed by atoms with Gasteiger partial charge in [0.15, 0.2) is 11.3 Å². The number of fused-ring (bicyclic) bond motifs is 1. The molecule has 2 aromatic heterocycles. The fourth-order valence-electron chi connectivity index (χ4n) is 3.43. The first-order chi connectivity index (χ1) is 11.4. The number of allylic oxidation sites excluding steroid dienone is 1. The largest absolute Gasteiger partial charge is 0.355 e. The van der Waals surface area contributed by atoms with Gasteiger partial charge in [-0.3, -0.25) is 0 Å². The molecular formula is C16H23N7. The minimum atomic E-state index is 0.640. The van der Waals surface area contributed by atoms with Crippen LogP contribution >= 0.6 is 0 Å². The van der Waals surface area contributed by atoms with Crippen molar-refractivity contribution < 1.29 is 0 Å². The Bertz CT molecular complexity index is 700. The van der Waals surface area contributed by atoms with E-state index in [-0.39, 0.29) is 0 Å². The summed E-state index contributed by atoms with van der Waals surface area (Å²) in [6.07, 6.45) is 11.0. The third-order valence-electron chi connectivity index (χ3n) is 4.68. The van der Waals surface area contributed by atoms with Gasteiger partial charge in [0.05, 0.1) is 0 Å². The lowest BCUT2D eigenvalue weighted by Gasteiger charge is -2.17. The van der Waals surface area contributed by atoms with Gasteiger partial charge in [0, 0.05) is 19.6 Å². The molecule has 3 heterocycles. The maximum absolute atomic E-state index is 4.70. The lowest BCUT2D eigenvalue weighted by atomic mass is 9.97. The summed E-state index contributed by atoms with van der Waals surface area (Å²) in [6.45, 7) is 2.94. The molecule has 1 fully saturated rings. The monoisotopic (exact) mass is 313 g/mol. The van der Waals surface area contributed by atoms with E-state index in [1.165, 1.54) is 38.5 Å². The maximum atomic E-state index is 4.70. The second-order valence-electron chi connectivity index (χ2n) is 6.35. The summed E-state index contributed by atoms with van der Waals surface area (Å²) < 4.78 is 0. The molecule has 0 aromatic carbocycles. The number of nitrogens with zero attached hydrogens (tertiary/aromatic N) is 5. The van der Waals surface area contributed by atoms with Gasteiger partial charge in [-0.1, -0.05) is 11.6 Å². The summed E-state index contributed by atoms with van der Waals surface area (Å²) in [5.41, 5.74) is 2.97. The number of hydrogen-bond donors (Lipinski definition) is 2. The summed E-state index contributed by atoms with van der Waals surface area (Å²) in [5.74, 6) is 1.56. The number of hydrogen-bond acceptors (Lipinski definition) is 6. The van der Waals surface area contributed by atoms with Gasteiger partial charge in [-0.05, 0) is 44.9 Å². The van der Waals surface area contributed by atoms with E-state index in [1.54, 1.807) is 5.57 Å². The van der Waals surface area contributed by atoms with Gasteiger partial charge in [-0.25, -0.2) is 0 Å². The molecule has 2 aromatic rings. The number of aromatic nitrogens is 5. The van der Waals surface area contributed by atoms with E-state index in [4.69, 9.17) is 4.98 Å². The Kier molecular flexibility index (Phi) is 4.08. The van der Waals surface area contributed by atoms with Crippen LogP contribution in [0.25, 0.3) is 11.2 Å². The minimum absolute atomic E-state index is 0.640. The summed E-state index contributed by atoms with van der Waals surface area (Å²) in [4.78, 5) is 11.5. The highest BCUT2D eigenvalue weighted by Crippen LogP contribution is 2.25. The molecule has 0 bridgehead atoms. The fourth-order valence-corrected chi connectivity index (χ4v) is 3.43. The zero-order chi connectivity index (χ0) is 15.5. The van der Waals surface area contributed by atoms with E-state index in [9.17, 15) is 0 Å². The normalized spacial score (nSPS) is 18.4. The number of aromatic amines is 1. The highest BCUT2D eigenvalue weighted by molar-refractivity contribution is 5.83. The van der Waals surface area contributed by atoms with E-state index < -0.39 is 0 Å². The molecule has 1 aliphatic carbocycles. The third kappa shape index (κ3) is 3.13. The number of anilines is 2. The molecule has 0 unspecified atom stereocenters. The molecule has 4 rings (SSSR count). The Morgan fingerprint density at radius 3 is 2.83 bits per heavy atom. The molecule has 0 spiro atoms. The molecule has 0 atom stereocenters. The van der Waals surface area contributed by atoms with Crippen LogP contribution in [0, 0.1) is 0 Å². The molecule has 0 amide bonds. The first kappa shape index (κ1) is 14.4. The SMILES string of the molecule is C1=C(CCNc2nc(N3CCCC3)c3n[nH]nc3n2)CCCC1. The molecule has 2 N–H and O–H groups in total. The number of H-pyrrole nitrogens is 1. The summed E-state index contributed by atoms with van der Waals surface area (Å²) >= 11 is 0. The third-order valence-corrected chi connectivity index (χ3v) is 4.68. The van der Waals surface area contributed by atoms with Crippen molar-refractivity contribution in [2.75, 3.05) is 29.9 Å². The first-order valence-corrected chi connectivity index (χ1v) is 8.65. The van der Waals surface area contributed by atoms with Crippen molar-refractivity contribution in [2.45, 2.75) is 44.9 Å². The number of nitrogens with one attached hydrogen (secondary N) is 2. The second kappa shape index (κ2) is 6.52. The van der Waals surface area contributed by atoms with Crippen molar-refractivity contribution in [3.05, 3.63) is 11.6 Å². The summed E-state index contributed by atoms with van der Waals surface area (Å²) in [6, 6.07) is 0. The zero-order valence-electron chi connectivity index (χ0n) is 13.4. The van der Waals surface area contributed by atoms with Gasteiger partial charge >= 0.3 is 0 Å². The van der Waals surface area contributed by atoms with Crippen LogP contribution < -0.4 is 10.2 Å². The lowest BCUT2D eigenvalue weighted by Crippen LogP contribution is -2.20. The van der Waals surface area contributed by atoms with Crippen LogP contribution in [0.5, 0.6) is 0 Å². The molecular weight excluding hydrogens is 290 g/mol. The molecule has 0 radical (unpaired) electrons. The Hall–Kier alpha value is -2.18. The molecule has 7 heteroatoms. The second-order valence-corrected chi connectivity index (χ2v) is 6.35. The van der Waals surface area contributed by atoms with Crippen LogP contribution in [-0.4, -0.2) is 45.0 Å². The van der Waals surface area contributed by atoms with Crippen LogP contribution in [0.4, 0.5) is 11.8 Å². The van der Waals surface area contributed by atoms with Crippen molar-refractivity contribution in [1.82, 2.24) is 25.4 Å². The lowest BCUT2D eigenvalue weighted by molar-refractivity contribution is 0.679. The Morgan fingerprint density at radius 1 is 1.09 bits per heavy atom. The molecule has 0 saturated carbocycles. The highest BCUT2D eigenvalue weighted by atomic mass is 15.4. The van der Waals surface area contributed by atoms with Crippen molar-refractivity contribution in [3.63, 3.8) is 0 Å². The smallest absolute Gasteiger partial charge is 0.226 e. The van der Waals surface area contributed by atoms with Crippen molar-refractivity contribution in [1.29, 1.82) is 0 Å². The zero-order valence-corrected chi connectivity index (χ0v) is 13.4. The highest BCUT2D eigenvalue weighted by Gasteiger charge is 2.20. The maximum Gasteiger partial charge on any atom is 0.226 e. The Morgan fingerprint density at radius 2 is 2.00 bits per heavy atom. The number of rotatable bonds is 5. The molecule has 122 valence electrons. The predicted octanol–water partition coefficient (Wildman–Crippen LogP) is 2.65. The van der Waals surface area contributed by atoms with E-state index >= 15 is 0 Å². The average Bonchev–Trinajstić information content (AvgIpc) is 3.27.